The van der Waals surface area contributed by atoms with Crippen LogP contribution in [0.5, 0.6) is 0 Å². The predicted molar refractivity (Wildman–Crippen MR) is 86.2 cm³/mol. The van der Waals surface area contributed by atoms with Crippen molar-refractivity contribution in [2.45, 2.75) is 12.6 Å². The molecule has 2 N–H and O–H groups in total. The second-order valence-corrected chi connectivity index (χ2v) is 5.81. The SMILES string of the molecule is CNC(=O)N1CC(NC(=O)Cn2nnc(-c3ccc(Cl)cc3)n2)C1. The normalized spacial score (nSPS) is 14.2. The van der Waals surface area contributed by atoms with Gasteiger partial charge in [0.05, 0.1) is 6.04 Å². The van der Waals surface area contributed by atoms with Crippen LogP contribution in [0.4, 0.5) is 4.79 Å². The summed E-state index contributed by atoms with van der Waals surface area (Å²) in [6.07, 6.45) is 0. The van der Waals surface area contributed by atoms with Crippen molar-refractivity contribution in [2.75, 3.05) is 20.1 Å². The lowest BCUT2D eigenvalue weighted by Crippen LogP contribution is -2.62. The summed E-state index contributed by atoms with van der Waals surface area (Å²) in [4.78, 5) is 26.2. The van der Waals surface area contributed by atoms with Crippen molar-refractivity contribution in [3.05, 3.63) is 29.3 Å². The summed E-state index contributed by atoms with van der Waals surface area (Å²) in [5.74, 6) is 0.200. The summed E-state index contributed by atoms with van der Waals surface area (Å²) in [5.41, 5.74) is 0.770. The zero-order valence-corrected chi connectivity index (χ0v) is 13.7. The number of nitrogens with zero attached hydrogens (tertiary/aromatic N) is 5. The number of nitrogens with one attached hydrogen (secondary N) is 2. The van der Waals surface area contributed by atoms with Gasteiger partial charge in [-0.05, 0) is 29.5 Å². The molecule has 2 heterocycles. The third kappa shape index (κ3) is 3.62. The lowest BCUT2D eigenvalue weighted by atomic mass is 10.1. The number of carbonyl (C=O) groups is 2. The van der Waals surface area contributed by atoms with Crippen molar-refractivity contribution < 1.29 is 9.59 Å². The molecular weight excluding hydrogens is 334 g/mol. The van der Waals surface area contributed by atoms with E-state index in [2.05, 4.69) is 26.0 Å². The molecule has 9 nitrogen and oxygen atoms in total. The number of likely N-dealkylation sites (tertiary alicyclic amines) is 1. The zero-order valence-electron chi connectivity index (χ0n) is 12.9. The van der Waals surface area contributed by atoms with Crippen LogP contribution in [0.3, 0.4) is 0 Å². The van der Waals surface area contributed by atoms with Gasteiger partial charge < -0.3 is 15.5 Å². The van der Waals surface area contributed by atoms with Crippen molar-refractivity contribution in [1.82, 2.24) is 35.7 Å². The molecule has 1 aromatic carbocycles. The summed E-state index contributed by atoms with van der Waals surface area (Å²) in [6.45, 7) is 0.954. The Labute approximate surface area is 143 Å². The van der Waals surface area contributed by atoms with E-state index in [4.69, 9.17) is 11.6 Å². The Balaban J connectivity index is 1.51. The van der Waals surface area contributed by atoms with Crippen LogP contribution in [0, 0.1) is 0 Å². The standard InChI is InChI=1S/C14H16ClN7O2/c1-16-14(24)21-6-11(7-21)17-12(23)8-22-19-13(18-20-22)9-2-4-10(15)5-3-9/h2-5,11H,6-8H2,1H3,(H,16,24)(H,17,23). The van der Waals surface area contributed by atoms with E-state index in [9.17, 15) is 9.59 Å². The summed E-state index contributed by atoms with van der Waals surface area (Å²) < 4.78 is 0. The Morgan fingerprint density at radius 2 is 2.00 bits per heavy atom. The van der Waals surface area contributed by atoms with Gasteiger partial charge in [0.1, 0.15) is 6.54 Å². The molecule has 3 amide bonds. The molecule has 1 aliphatic rings. The number of aromatic nitrogens is 4. The van der Waals surface area contributed by atoms with Gasteiger partial charge in [0, 0.05) is 30.7 Å². The fraction of sp³-hybridized carbons (Fsp3) is 0.357. The summed E-state index contributed by atoms with van der Waals surface area (Å²) in [7, 11) is 1.57. The fourth-order valence-electron chi connectivity index (χ4n) is 2.32. The Morgan fingerprint density at radius 1 is 1.29 bits per heavy atom. The molecule has 0 bridgehead atoms. The first-order valence-corrected chi connectivity index (χ1v) is 7.72. The van der Waals surface area contributed by atoms with Gasteiger partial charge in [0.2, 0.25) is 11.7 Å². The molecule has 0 saturated carbocycles. The van der Waals surface area contributed by atoms with Crippen molar-refractivity contribution in [1.29, 1.82) is 0 Å². The van der Waals surface area contributed by atoms with E-state index in [0.29, 0.717) is 23.9 Å². The quantitative estimate of drug-likeness (QED) is 0.816. The van der Waals surface area contributed by atoms with E-state index in [-0.39, 0.29) is 24.5 Å². The Morgan fingerprint density at radius 3 is 2.67 bits per heavy atom. The maximum absolute atomic E-state index is 12.0. The third-order valence-electron chi connectivity index (χ3n) is 3.59. The molecular formula is C14H16ClN7O2. The van der Waals surface area contributed by atoms with Crippen LogP contribution >= 0.6 is 11.6 Å². The molecule has 0 atom stereocenters. The lowest BCUT2D eigenvalue weighted by molar-refractivity contribution is -0.123. The van der Waals surface area contributed by atoms with Crippen LogP contribution < -0.4 is 10.6 Å². The first-order chi connectivity index (χ1) is 11.5. The predicted octanol–water partition coefficient (Wildman–Crippen LogP) is 0.133. The highest BCUT2D eigenvalue weighted by Crippen LogP contribution is 2.16. The fourth-order valence-corrected chi connectivity index (χ4v) is 2.45. The molecule has 1 aromatic heterocycles. The minimum absolute atomic E-state index is 0.0307. The Hall–Kier alpha value is -2.68. The molecule has 1 saturated heterocycles. The van der Waals surface area contributed by atoms with Crippen LogP contribution in [0.2, 0.25) is 5.02 Å². The number of rotatable bonds is 4. The minimum Gasteiger partial charge on any atom is -0.348 e. The van der Waals surface area contributed by atoms with Gasteiger partial charge in [-0.1, -0.05) is 11.6 Å². The number of hydrogen-bond acceptors (Lipinski definition) is 5. The second-order valence-electron chi connectivity index (χ2n) is 5.37. The van der Waals surface area contributed by atoms with E-state index in [1.807, 2.05) is 0 Å². The number of halogens is 1. The van der Waals surface area contributed by atoms with Gasteiger partial charge in [-0.25, -0.2) is 4.79 Å². The van der Waals surface area contributed by atoms with Crippen molar-refractivity contribution >= 4 is 23.5 Å². The molecule has 10 heteroatoms. The molecule has 126 valence electrons. The van der Waals surface area contributed by atoms with Crippen molar-refractivity contribution in [2.24, 2.45) is 0 Å². The number of carbonyl (C=O) groups excluding carboxylic acids is 2. The first-order valence-electron chi connectivity index (χ1n) is 7.35. The first kappa shape index (κ1) is 16.2. The topological polar surface area (TPSA) is 105 Å². The van der Waals surface area contributed by atoms with Gasteiger partial charge in [-0.15, -0.1) is 10.2 Å². The molecule has 0 unspecified atom stereocenters. The largest absolute Gasteiger partial charge is 0.348 e. The van der Waals surface area contributed by atoms with E-state index in [0.717, 1.165) is 5.56 Å². The molecule has 0 spiro atoms. The van der Waals surface area contributed by atoms with E-state index in [1.54, 1.807) is 36.2 Å². The highest BCUT2D eigenvalue weighted by molar-refractivity contribution is 6.30. The Kier molecular flexibility index (Phi) is 4.61. The molecule has 0 radical (unpaired) electrons. The number of hydrogen-bond donors (Lipinski definition) is 2. The number of benzene rings is 1. The van der Waals surface area contributed by atoms with Crippen LogP contribution in [0.25, 0.3) is 11.4 Å². The smallest absolute Gasteiger partial charge is 0.317 e. The molecule has 3 rings (SSSR count). The molecule has 24 heavy (non-hydrogen) atoms. The second kappa shape index (κ2) is 6.83. The van der Waals surface area contributed by atoms with Gasteiger partial charge in [-0.3, -0.25) is 4.79 Å². The number of amides is 3. The number of urea groups is 1. The van der Waals surface area contributed by atoms with Crippen LogP contribution in [-0.4, -0.2) is 63.2 Å². The maximum Gasteiger partial charge on any atom is 0.317 e. The Bertz CT molecular complexity index is 740. The van der Waals surface area contributed by atoms with Crippen LogP contribution in [-0.2, 0) is 11.3 Å². The molecule has 1 fully saturated rings. The lowest BCUT2D eigenvalue weighted by Gasteiger charge is -2.38. The number of tetrazole rings is 1. The summed E-state index contributed by atoms with van der Waals surface area (Å²) in [6, 6.07) is 6.84. The molecule has 0 aliphatic carbocycles. The van der Waals surface area contributed by atoms with Gasteiger partial charge >= 0.3 is 6.03 Å². The van der Waals surface area contributed by atoms with Crippen LogP contribution in [0.15, 0.2) is 24.3 Å². The van der Waals surface area contributed by atoms with Gasteiger partial charge in [-0.2, -0.15) is 4.80 Å². The van der Waals surface area contributed by atoms with Gasteiger partial charge in [0.25, 0.3) is 0 Å². The monoisotopic (exact) mass is 349 g/mol. The van der Waals surface area contributed by atoms with E-state index in [1.165, 1.54) is 4.80 Å². The van der Waals surface area contributed by atoms with E-state index < -0.39 is 0 Å². The molecule has 1 aliphatic heterocycles. The van der Waals surface area contributed by atoms with Crippen LogP contribution in [0.1, 0.15) is 0 Å². The highest BCUT2D eigenvalue weighted by Gasteiger charge is 2.31. The minimum atomic E-state index is -0.225. The average molecular weight is 350 g/mol. The average Bonchev–Trinajstić information content (AvgIpc) is 2.99. The third-order valence-corrected chi connectivity index (χ3v) is 3.84. The zero-order chi connectivity index (χ0) is 17.1. The summed E-state index contributed by atoms with van der Waals surface area (Å²) in [5, 5.41) is 18.0. The highest BCUT2D eigenvalue weighted by atomic mass is 35.5. The van der Waals surface area contributed by atoms with Gasteiger partial charge in [0.15, 0.2) is 0 Å². The summed E-state index contributed by atoms with van der Waals surface area (Å²) >= 11 is 5.84. The van der Waals surface area contributed by atoms with Crippen molar-refractivity contribution in [3.63, 3.8) is 0 Å². The maximum atomic E-state index is 12.0. The van der Waals surface area contributed by atoms with E-state index >= 15 is 0 Å². The molecule has 2 aromatic rings. The van der Waals surface area contributed by atoms with Crippen molar-refractivity contribution in [3.8, 4) is 11.4 Å².